The summed E-state index contributed by atoms with van der Waals surface area (Å²) in [5.74, 6) is 2.70. The maximum absolute atomic E-state index is 5.39. The highest BCUT2D eigenvalue weighted by molar-refractivity contribution is 4.90. The van der Waals surface area contributed by atoms with Gasteiger partial charge in [0.1, 0.15) is 0 Å². The Labute approximate surface area is 99.5 Å². The van der Waals surface area contributed by atoms with E-state index in [1.807, 2.05) is 0 Å². The number of piperidine rings is 1. The van der Waals surface area contributed by atoms with Gasteiger partial charge in [-0.3, -0.25) is 4.90 Å². The maximum atomic E-state index is 5.39. The summed E-state index contributed by atoms with van der Waals surface area (Å²) in [5.41, 5.74) is -0.0735. The number of likely N-dealkylation sites (tertiary alicyclic amines) is 1. The van der Waals surface area contributed by atoms with Gasteiger partial charge in [0.2, 0.25) is 0 Å². The first kappa shape index (κ1) is 13.5. The molecule has 0 aromatic carbocycles. The number of hydrogen-bond acceptors (Lipinski definition) is 3. The first-order chi connectivity index (χ1) is 7.57. The van der Waals surface area contributed by atoms with E-state index < -0.39 is 0 Å². The van der Waals surface area contributed by atoms with Gasteiger partial charge in [0.15, 0.2) is 0 Å². The van der Waals surface area contributed by atoms with E-state index in [9.17, 15) is 0 Å². The predicted octanol–water partition coefficient (Wildman–Crippen LogP) is 1.10. The summed E-state index contributed by atoms with van der Waals surface area (Å²) >= 11 is 0. The lowest BCUT2D eigenvalue weighted by molar-refractivity contribution is 0.0191. The lowest BCUT2D eigenvalue weighted by Crippen LogP contribution is -2.47. The van der Waals surface area contributed by atoms with E-state index in [2.05, 4.69) is 30.0 Å². The van der Waals surface area contributed by atoms with Crippen molar-refractivity contribution in [2.45, 2.75) is 38.3 Å². The van der Waals surface area contributed by atoms with E-state index >= 15 is 0 Å². The minimum absolute atomic E-state index is 0.0735. The van der Waals surface area contributed by atoms with Gasteiger partial charge in [-0.15, -0.1) is 6.42 Å². The molecule has 1 rings (SSSR count). The van der Waals surface area contributed by atoms with Crippen LogP contribution >= 0.6 is 0 Å². The fourth-order valence-electron chi connectivity index (χ4n) is 1.89. The zero-order valence-corrected chi connectivity index (χ0v) is 10.8. The van der Waals surface area contributed by atoms with E-state index in [-0.39, 0.29) is 5.60 Å². The molecule has 0 unspecified atom stereocenters. The Morgan fingerprint density at radius 2 is 2.06 bits per heavy atom. The van der Waals surface area contributed by atoms with Crippen molar-refractivity contribution in [1.82, 2.24) is 10.2 Å². The zero-order chi connectivity index (χ0) is 12.0. The number of hydrogen-bond donors (Lipinski definition) is 1. The van der Waals surface area contributed by atoms with Crippen molar-refractivity contribution in [3.63, 3.8) is 0 Å². The minimum atomic E-state index is -0.0735. The van der Waals surface area contributed by atoms with Gasteiger partial charge in [0.25, 0.3) is 0 Å². The van der Waals surface area contributed by atoms with Crippen molar-refractivity contribution in [2.75, 3.05) is 33.3 Å². The topological polar surface area (TPSA) is 24.5 Å². The monoisotopic (exact) mass is 224 g/mol. The Bertz CT molecular complexity index is 237. The molecule has 0 aromatic rings. The van der Waals surface area contributed by atoms with Crippen LogP contribution in [0.25, 0.3) is 0 Å². The molecule has 92 valence electrons. The van der Waals surface area contributed by atoms with Gasteiger partial charge in [-0.2, -0.15) is 0 Å². The summed E-state index contributed by atoms with van der Waals surface area (Å²) in [6.45, 7) is 8.12. The molecule has 0 radical (unpaired) electrons. The van der Waals surface area contributed by atoms with Crippen molar-refractivity contribution < 1.29 is 4.74 Å². The fraction of sp³-hybridized carbons (Fsp3) is 0.846. The molecule has 0 spiro atoms. The Morgan fingerprint density at radius 1 is 1.44 bits per heavy atom. The maximum Gasteiger partial charge on any atom is 0.0746 e. The second-order valence-corrected chi connectivity index (χ2v) is 5.10. The third-order valence-corrected chi connectivity index (χ3v) is 3.27. The van der Waals surface area contributed by atoms with Crippen LogP contribution in [0.5, 0.6) is 0 Å². The number of terminal acetylenes is 1. The Balaban J connectivity index is 2.20. The second kappa shape index (κ2) is 6.24. The molecule has 1 heterocycles. The van der Waals surface area contributed by atoms with Crippen molar-refractivity contribution in [3.8, 4) is 12.3 Å². The number of nitrogens with zero attached hydrogens (tertiary/aromatic N) is 1. The first-order valence-electron chi connectivity index (χ1n) is 6.02. The van der Waals surface area contributed by atoms with Crippen LogP contribution < -0.4 is 5.32 Å². The first-order valence-corrected chi connectivity index (χ1v) is 6.02. The molecule has 0 aromatic heterocycles. The van der Waals surface area contributed by atoms with Gasteiger partial charge in [-0.05, 0) is 26.7 Å². The van der Waals surface area contributed by atoms with Crippen molar-refractivity contribution >= 4 is 0 Å². The molecule has 0 bridgehead atoms. The lowest BCUT2D eigenvalue weighted by atomic mass is 10.0. The molecular weight excluding hydrogens is 200 g/mol. The normalized spacial score (nSPS) is 19.6. The van der Waals surface area contributed by atoms with Gasteiger partial charge in [0.05, 0.1) is 12.1 Å². The van der Waals surface area contributed by atoms with Gasteiger partial charge in [-0.1, -0.05) is 5.92 Å². The molecule has 1 saturated heterocycles. The number of rotatable bonds is 5. The van der Waals surface area contributed by atoms with E-state index in [0.29, 0.717) is 6.04 Å². The van der Waals surface area contributed by atoms with E-state index in [1.54, 1.807) is 7.11 Å². The summed E-state index contributed by atoms with van der Waals surface area (Å²) in [7, 11) is 1.76. The highest BCUT2D eigenvalue weighted by Crippen LogP contribution is 2.12. The molecule has 0 amide bonds. The Hall–Kier alpha value is -0.560. The summed E-state index contributed by atoms with van der Waals surface area (Å²) in [5, 5.41) is 3.57. The third-order valence-electron chi connectivity index (χ3n) is 3.27. The molecule has 1 fully saturated rings. The molecular formula is C13H24N2O. The van der Waals surface area contributed by atoms with Crippen LogP contribution in [-0.2, 0) is 4.74 Å². The standard InChI is InChI=1S/C13H24N2O/c1-5-8-15-9-6-12(7-10-15)14-11-13(2,3)16-4/h1,12,14H,6-11H2,2-4H3. The van der Waals surface area contributed by atoms with Gasteiger partial charge in [-0.25, -0.2) is 0 Å². The smallest absolute Gasteiger partial charge is 0.0746 e. The predicted molar refractivity (Wildman–Crippen MR) is 67.4 cm³/mol. The van der Waals surface area contributed by atoms with Crippen LogP contribution in [0.1, 0.15) is 26.7 Å². The third kappa shape index (κ3) is 4.52. The van der Waals surface area contributed by atoms with Crippen molar-refractivity contribution in [3.05, 3.63) is 0 Å². The van der Waals surface area contributed by atoms with Crippen molar-refractivity contribution in [2.24, 2.45) is 0 Å². The van der Waals surface area contributed by atoms with E-state index in [4.69, 9.17) is 11.2 Å². The highest BCUT2D eigenvalue weighted by Gasteiger charge is 2.21. The van der Waals surface area contributed by atoms with E-state index in [1.165, 1.54) is 12.8 Å². The largest absolute Gasteiger partial charge is 0.377 e. The molecule has 0 saturated carbocycles. The minimum Gasteiger partial charge on any atom is -0.377 e. The van der Waals surface area contributed by atoms with Gasteiger partial charge < -0.3 is 10.1 Å². The second-order valence-electron chi connectivity index (χ2n) is 5.10. The molecule has 1 N–H and O–H groups in total. The fourth-order valence-corrected chi connectivity index (χ4v) is 1.89. The highest BCUT2D eigenvalue weighted by atomic mass is 16.5. The van der Waals surface area contributed by atoms with Crippen LogP contribution in [0.15, 0.2) is 0 Å². The molecule has 1 aliphatic heterocycles. The average molecular weight is 224 g/mol. The molecule has 0 atom stereocenters. The zero-order valence-electron chi connectivity index (χ0n) is 10.8. The van der Waals surface area contributed by atoms with E-state index in [0.717, 1.165) is 26.2 Å². The molecule has 3 heteroatoms. The number of ether oxygens (including phenoxy) is 1. The number of methoxy groups -OCH3 is 1. The van der Waals surface area contributed by atoms with Crippen LogP contribution in [0.3, 0.4) is 0 Å². The summed E-state index contributed by atoms with van der Waals surface area (Å²) in [4.78, 5) is 2.33. The molecule has 1 aliphatic rings. The Morgan fingerprint density at radius 3 is 2.56 bits per heavy atom. The molecule has 3 nitrogen and oxygen atoms in total. The molecule has 0 aliphatic carbocycles. The average Bonchev–Trinajstić information content (AvgIpc) is 2.29. The van der Waals surface area contributed by atoms with Crippen LogP contribution in [0.2, 0.25) is 0 Å². The SMILES string of the molecule is C#CCN1CCC(NCC(C)(C)OC)CC1. The summed E-state index contributed by atoms with van der Waals surface area (Å²) in [6, 6.07) is 0.614. The van der Waals surface area contributed by atoms with Gasteiger partial charge >= 0.3 is 0 Å². The quantitative estimate of drug-likeness (QED) is 0.708. The van der Waals surface area contributed by atoms with Crippen LogP contribution in [-0.4, -0.2) is 49.8 Å². The Kier molecular flexibility index (Phi) is 5.27. The summed E-state index contributed by atoms with van der Waals surface area (Å²) < 4.78 is 5.39. The van der Waals surface area contributed by atoms with Crippen molar-refractivity contribution in [1.29, 1.82) is 0 Å². The summed E-state index contributed by atoms with van der Waals surface area (Å²) in [6.07, 6.45) is 7.67. The lowest BCUT2D eigenvalue weighted by Gasteiger charge is -2.33. The molecule has 16 heavy (non-hydrogen) atoms. The van der Waals surface area contributed by atoms with Crippen LogP contribution in [0.4, 0.5) is 0 Å². The number of nitrogens with one attached hydrogen (secondary N) is 1. The van der Waals surface area contributed by atoms with Gasteiger partial charge in [0, 0.05) is 32.8 Å². The van der Waals surface area contributed by atoms with Crippen LogP contribution in [0, 0.1) is 12.3 Å².